The molecular formula is C26H23N3O6. The van der Waals surface area contributed by atoms with E-state index in [1.165, 1.54) is 0 Å². The van der Waals surface area contributed by atoms with E-state index in [9.17, 15) is 14.7 Å². The van der Waals surface area contributed by atoms with Crippen LogP contribution in [0.2, 0.25) is 0 Å². The van der Waals surface area contributed by atoms with E-state index in [1.54, 1.807) is 16.0 Å². The quantitative estimate of drug-likeness (QED) is 0.605. The zero-order valence-corrected chi connectivity index (χ0v) is 18.7. The molecule has 9 nitrogen and oxygen atoms in total. The van der Waals surface area contributed by atoms with E-state index in [0.29, 0.717) is 30.2 Å². The molecule has 2 amide bonds. The van der Waals surface area contributed by atoms with Gasteiger partial charge >= 0.3 is 12.2 Å². The molecule has 2 saturated heterocycles. The second-order valence-corrected chi connectivity index (χ2v) is 8.75. The summed E-state index contributed by atoms with van der Waals surface area (Å²) in [6.07, 6.45) is -0.115. The van der Waals surface area contributed by atoms with Crippen molar-refractivity contribution < 1.29 is 28.9 Å². The van der Waals surface area contributed by atoms with Crippen LogP contribution in [0.1, 0.15) is 17.4 Å². The van der Waals surface area contributed by atoms with E-state index in [0.717, 1.165) is 16.7 Å². The predicted octanol–water partition coefficient (Wildman–Crippen LogP) is 3.52. The summed E-state index contributed by atoms with van der Waals surface area (Å²) in [5, 5.41) is 9.46. The van der Waals surface area contributed by atoms with Crippen LogP contribution in [0.4, 0.5) is 15.3 Å². The first-order valence-corrected chi connectivity index (χ1v) is 11.4. The second-order valence-electron chi connectivity index (χ2n) is 8.75. The van der Waals surface area contributed by atoms with Gasteiger partial charge in [-0.1, -0.05) is 42.5 Å². The van der Waals surface area contributed by atoms with Crippen LogP contribution >= 0.6 is 0 Å². The fraction of sp³-hybridized carbons (Fsp3) is 0.269. The number of fused-ring (bicyclic) bond motifs is 3. The number of nitrogens with zero attached hydrogens (tertiary/aromatic N) is 3. The molecule has 9 heteroatoms. The standard InChI is InChI=1S/C26H23N3O6/c30-14-24-21-15-33-22-10-17(7-9-20(22)29(21)26(32)35-24)18-6-8-19(27-11-18)23-13-28(25(31)34-23)12-16-4-2-1-3-5-16/h1-11,21,23-24,30H,12-15H2/t21-,23?,24?/m0/s1. The molecule has 3 aromatic rings. The number of anilines is 1. The monoisotopic (exact) mass is 473 g/mol. The number of aliphatic hydroxyl groups excluding tert-OH is 1. The molecule has 6 rings (SSSR count). The minimum absolute atomic E-state index is 0.247. The van der Waals surface area contributed by atoms with Crippen molar-refractivity contribution in [2.24, 2.45) is 0 Å². The van der Waals surface area contributed by atoms with Gasteiger partial charge in [0.25, 0.3) is 0 Å². The number of benzene rings is 2. The van der Waals surface area contributed by atoms with Gasteiger partial charge in [0.05, 0.1) is 24.5 Å². The Hall–Kier alpha value is -4.11. The van der Waals surface area contributed by atoms with E-state index in [4.69, 9.17) is 14.2 Å². The number of hydrogen-bond donors (Lipinski definition) is 1. The van der Waals surface area contributed by atoms with Gasteiger partial charge in [0.1, 0.15) is 18.4 Å². The van der Waals surface area contributed by atoms with Crippen LogP contribution in [0.3, 0.4) is 0 Å². The van der Waals surface area contributed by atoms with E-state index in [2.05, 4.69) is 4.98 Å². The molecule has 0 bridgehead atoms. The van der Waals surface area contributed by atoms with E-state index in [1.807, 2.05) is 60.7 Å². The molecule has 0 spiro atoms. The highest BCUT2D eigenvalue weighted by atomic mass is 16.6. The van der Waals surface area contributed by atoms with Gasteiger partial charge in [0.15, 0.2) is 12.2 Å². The number of amides is 2. The fourth-order valence-electron chi connectivity index (χ4n) is 4.73. The molecule has 4 heterocycles. The van der Waals surface area contributed by atoms with Crippen LogP contribution in [0.5, 0.6) is 5.75 Å². The highest BCUT2D eigenvalue weighted by molar-refractivity contribution is 5.94. The SMILES string of the molecule is O=C1OC(c2ccc(-c3ccc4c(c3)OC[C@H]3C(CO)OC(=O)N43)cn2)CN1Cc1ccccc1. The van der Waals surface area contributed by atoms with Gasteiger partial charge in [-0.3, -0.25) is 14.8 Å². The number of carbonyl (C=O) groups excluding carboxylic acids is 2. The van der Waals surface area contributed by atoms with Crippen LogP contribution in [0, 0.1) is 0 Å². The van der Waals surface area contributed by atoms with Gasteiger partial charge in [-0.05, 0) is 29.3 Å². The predicted molar refractivity (Wildman–Crippen MR) is 125 cm³/mol. The topological polar surface area (TPSA) is 101 Å². The second kappa shape index (κ2) is 8.59. The molecule has 2 fully saturated rings. The number of carbonyl (C=O) groups is 2. The summed E-state index contributed by atoms with van der Waals surface area (Å²) in [6, 6.07) is 18.8. The normalized spacial score (nSPS) is 22.8. The minimum Gasteiger partial charge on any atom is -0.489 e. The summed E-state index contributed by atoms with van der Waals surface area (Å²) in [5.74, 6) is 0.569. The third-order valence-corrected chi connectivity index (χ3v) is 6.57. The van der Waals surface area contributed by atoms with E-state index >= 15 is 0 Å². The molecule has 0 saturated carbocycles. The van der Waals surface area contributed by atoms with Crippen molar-refractivity contribution in [2.75, 3.05) is 24.7 Å². The highest BCUT2D eigenvalue weighted by Gasteiger charge is 2.46. The Balaban J connectivity index is 1.17. The van der Waals surface area contributed by atoms with Crippen molar-refractivity contribution in [3.8, 4) is 16.9 Å². The third kappa shape index (κ3) is 3.83. The van der Waals surface area contributed by atoms with Crippen molar-refractivity contribution in [1.29, 1.82) is 0 Å². The van der Waals surface area contributed by atoms with Crippen molar-refractivity contribution >= 4 is 17.9 Å². The van der Waals surface area contributed by atoms with E-state index in [-0.39, 0.29) is 25.3 Å². The summed E-state index contributed by atoms with van der Waals surface area (Å²) in [5.41, 5.74) is 4.09. The first kappa shape index (κ1) is 21.4. The molecule has 35 heavy (non-hydrogen) atoms. The smallest absolute Gasteiger partial charge is 0.415 e. The average Bonchev–Trinajstić information content (AvgIpc) is 3.43. The van der Waals surface area contributed by atoms with E-state index < -0.39 is 18.3 Å². The number of rotatable bonds is 5. The molecule has 0 radical (unpaired) electrons. The lowest BCUT2D eigenvalue weighted by molar-refractivity contribution is 0.0734. The van der Waals surface area contributed by atoms with Crippen molar-refractivity contribution in [3.63, 3.8) is 0 Å². The van der Waals surface area contributed by atoms with Gasteiger partial charge in [0.2, 0.25) is 0 Å². The Morgan fingerprint density at radius 1 is 0.971 bits per heavy atom. The van der Waals surface area contributed by atoms with Gasteiger partial charge < -0.3 is 19.3 Å². The summed E-state index contributed by atoms with van der Waals surface area (Å²) >= 11 is 0. The molecular weight excluding hydrogens is 450 g/mol. The van der Waals surface area contributed by atoms with Crippen LogP contribution < -0.4 is 9.64 Å². The maximum absolute atomic E-state index is 12.3. The van der Waals surface area contributed by atoms with Gasteiger partial charge in [-0.25, -0.2) is 9.59 Å². The van der Waals surface area contributed by atoms with Crippen molar-refractivity contribution in [2.45, 2.75) is 24.8 Å². The number of cyclic esters (lactones) is 2. The molecule has 0 aliphatic carbocycles. The average molecular weight is 473 g/mol. The highest BCUT2D eigenvalue weighted by Crippen LogP contribution is 2.41. The lowest BCUT2D eigenvalue weighted by Crippen LogP contribution is -2.45. The molecule has 3 aliphatic rings. The molecule has 1 N–H and O–H groups in total. The van der Waals surface area contributed by atoms with Crippen LogP contribution in [-0.2, 0) is 16.0 Å². The largest absolute Gasteiger partial charge is 0.489 e. The summed E-state index contributed by atoms with van der Waals surface area (Å²) < 4.78 is 16.7. The van der Waals surface area contributed by atoms with Crippen molar-refractivity contribution in [3.05, 3.63) is 78.1 Å². The van der Waals surface area contributed by atoms with Gasteiger partial charge in [-0.15, -0.1) is 0 Å². The molecule has 1 aromatic heterocycles. The maximum Gasteiger partial charge on any atom is 0.415 e. The lowest BCUT2D eigenvalue weighted by Gasteiger charge is -2.31. The molecule has 2 unspecified atom stereocenters. The lowest BCUT2D eigenvalue weighted by atomic mass is 10.0. The van der Waals surface area contributed by atoms with Gasteiger partial charge in [0, 0.05) is 18.3 Å². The maximum atomic E-state index is 12.3. The molecule has 3 aliphatic heterocycles. The zero-order chi connectivity index (χ0) is 23.9. The third-order valence-electron chi connectivity index (χ3n) is 6.57. The van der Waals surface area contributed by atoms with Crippen LogP contribution in [0.15, 0.2) is 66.9 Å². The Morgan fingerprint density at radius 3 is 2.57 bits per heavy atom. The summed E-state index contributed by atoms with van der Waals surface area (Å²) in [4.78, 5) is 32.4. The van der Waals surface area contributed by atoms with Crippen LogP contribution in [-0.4, -0.2) is 59.1 Å². The minimum atomic E-state index is -0.597. The Labute approximate surface area is 201 Å². The molecule has 3 atom stereocenters. The summed E-state index contributed by atoms with van der Waals surface area (Å²) in [7, 11) is 0. The Kier molecular flexibility index (Phi) is 5.26. The molecule has 178 valence electrons. The number of aliphatic hydroxyl groups is 1. The number of hydrogen-bond acceptors (Lipinski definition) is 7. The molecule has 2 aromatic carbocycles. The van der Waals surface area contributed by atoms with Crippen molar-refractivity contribution in [1.82, 2.24) is 9.88 Å². The first-order valence-electron chi connectivity index (χ1n) is 11.4. The number of ether oxygens (including phenoxy) is 3. The fourth-order valence-corrected chi connectivity index (χ4v) is 4.73. The zero-order valence-electron chi connectivity index (χ0n) is 18.7. The first-order chi connectivity index (χ1) is 17.1. The Morgan fingerprint density at radius 2 is 1.80 bits per heavy atom. The Bertz CT molecular complexity index is 1270. The van der Waals surface area contributed by atoms with Crippen LogP contribution in [0.25, 0.3) is 11.1 Å². The number of pyridine rings is 1. The number of aromatic nitrogens is 1. The van der Waals surface area contributed by atoms with Gasteiger partial charge in [-0.2, -0.15) is 0 Å². The summed E-state index contributed by atoms with van der Waals surface area (Å²) in [6.45, 7) is 0.932.